The van der Waals surface area contributed by atoms with Crippen LogP contribution in [0.2, 0.25) is 0 Å². The highest BCUT2D eigenvalue weighted by atomic mass is 32.2. The topological polar surface area (TPSA) is 53.5 Å². The molecule has 0 N–H and O–H groups in total. The fourth-order valence-corrected chi connectivity index (χ4v) is 3.93. The Balaban J connectivity index is 2.15. The molecule has 106 valence electrons. The van der Waals surface area contributed by atoms with Gasteiger partial charge in [-0.15, -0.1) is 0 Å². The molecule has 0 aromatic carbocycles. The van der Waals surface area contributed by atoms with Crippen molar-refractivity contribution in [3.8, 4) is 0 Å². The molecule has 1 aromatic heterocycles. The van der Waals surface area contributed by atoms with Crippen molar-refractivity contribution in [3.63, 3.8) is 0 Å². The first-order valence-corrected chi connectivity index (χ1v) is 8.06. The molecule has 1 saturated heterocycles. The van der Waals surface area contributed by atoms with E-state index in [2.05, 4.69) is 4.98 Å². The molecule has 2 heterocycles. The molecule has 1 aliphatic heterocycles. The van der Waals surface area contributed by atoms with Gasteiger partial charge in [0.1, 0.15) is 0 Å². The Bertz CT molecular complexity index is 498. The number of hydrogen-bond donors (Lipinski definition) is 0. The predicted molar refractivity (Wildman–Crippen MR) is 74.8 cm³/mol. The second-order valence-corrected chi connectivity index (χ2v) is 6.93. The Morgan fingerprint density at radius 3 is 2.37 bits per heavy atom. The van der Waals surface area contributed by atoms with Crippen molar-refractivity contribution in [1.29, 1.82) is 0 Å². The second kappa shape index (κ2) is 5.98. The zero-order valence-electron chi connectivity index (χ0n) is 11.5. The molecule has 0 aliphatic carbocycles. The normalized spacial score (nSPS) is 19.5. The van der Waals surface area contributed by atoms with E-state index in [1.54, 1.807) is 23.7 Å². The van der Waals surface area contributed by atoms with Gasteiger partial charge in [0.2, 0.25) is 0 Å². The van der Waals surface area contributed by atoms with Gasteiger partial charge < -0.3 is 0 Å². The average Bonchev–Trinajstić information content (AvgIpc) is 2.47. The zero-order chi connectivity index (χ0) is 13.9. The number of nitrogens with zero attached hydrogens (tertiary/aromatic N) is 3. The third-order valence-corrected chi connectivity index (χ3v) is 5.80. The van der Waals surface area contributed by atoms with Gasteiger partial charge in [0.15, 0.2) is 0 Å². The highest BCUT2D eigenvalue weighted by molar-refractivity contribution is 7.86. The van der Waals surface area contributed by atoms with Crippen LogP contribution < -0.4 is 0 Å². The van der Waals surface area contributed by atoms with E-state index < -0.39 is 10.2 Å². The van der Waals surface area contributed by atoms with Crippen molar-refractivity contribution in [2.75, 3.05) is 20.1 Å². The first kappa shape index (κ1) is 14.4. The minimum atomic E-state index is -3.36. The van der Waals surface area contributed by atoms with Crippen LogP contribution >= 0.6 is 0 Å². The summed E-state index contributed by atoms with van der Waals surface area (Å²) in [7, 11) is -1.72. The third-order valence-electron chi connectivity index (χ3n) is 3.74. The number of aromatic nitrogens is 1. The van der Waals surface area contributed by atoms with Crippen molar-refractivity contribution in [1.82, 2.24) is 13.6 Å². The Morgan fingerprint density at radius 2 is 1.79 bits per heavy atom. The molecular formula is C13H21N3O2S. The summed E-state index contributed by atoms with van der Waals surface area (Å²) in [5, 5.41) is 0. The van der Waals surface area contributed by atoms with E-state index in [0.717, 1.165) is 24.8 Å². The lowest BCUT2D eigenvalue weighted by molar-refractivity contribution is 0.297. The van der Waals surface area contributed by atoms with E-state index in [1.165, 1.54) is 4.31 Å². The molecule has 6 heteroatoms. The minimum absolute atomic E-state index is 0.185. The van der Waals surface area contributed by atoms with Crippen LogP contribution in [-0.2, 0) is 10.2 Å². The van der Waals surface area contributed by atoms with Crippen LogP contribution in [-0.4, -0.2) is 42.1 Å². The SMILES string of the molecule is CC(c1ccncc1)N(C)S(=O)(=O)N1CCCCC1. The Labute approximate surface area is 115 Å². The molecule has 0 spiro atoms. The third kappa shape index (κ3) is 3.13. The lowest BCUT2D eigenvalue weighted by Gasteiger charge is -2.33. The molecule has 1 aromatic rings. The lowest BCUT2D eigenvalue weighted by atomic mass is 10.1. The molecule has 1 fully saturated rings. The molecular weight excluding hydrogens is 262 g/mol. The Hall–Kier alpha value is -0.980. The highest BCUT2D eigenvalue weighted by Crippen LogP contribution is 2.24. The number of hydrogen-bond acceptors (Lipinski definition) is 3. The summed E-state index contributed by atoms with van der Waals surface area (Å²) in [6.45, 7) is 3.17. The van der Waals surface area contributed by atoms with E-state index in [4.69, 9.17) is 0 Å². The summed E-state index contributed by atoms with van der Waals surface area (Å²) in [6, 6.07) is 3.52. The largest absolute Gasteiger partial charge is 0.282 e. The van der Waals surface area contributed by atoms with Crippen LogP contribution in [0.1, 0.15) is 37.8 Å². The summed E-state index contributed by atoms with van der Waals surface area (Å²) in [5.41, 5.74) is 0.957. The molecule has 0 bridgehead atoms. The van der Waals surface area contributed by atoms with E-state index in [9.17, 15) is 8.42 Å². The first-order chi connectivity index (χ1) is 9.03. The smallest absolute Gasteiger partial charge is 0.265 e. The predicted octanol–water partition coefficient (Wildman–Crippen LogP) is 1.81. The molecule has 0 saturated carbocycles. The van der Waals surface area contributed by atoms with Crippen LogP contribution in [0, 0.1) is 0 Å². The molecule has 19 heavy (non-hydrogen) atoms. The Morgan fingerprint density at radius 1 is 1.21 bits per heavy atom. The van der Waals surface area contributed by atoms with Crippen molar-refractivity contribution < 1.29 is 8.42 Å². The van der Waals surface area contributed by atoms with Gasteiger partial charge in [0, 0.05) is 38.6 Å². The van der Waals surface area contributed by atoms with Crippen LogP contribution in [0.25, 0.3) is 0 Å². The van der Waals surface area contributed by atoms with Crippen molar-refractivity contribution in [3.05, 3.63) is 30.1 Å². The number of rotatable bonds is 4. The summed E-state index contributed by atoms with van der Waals surface area (Å²) in [6.07, 6.45) is 6.41. The molecule has 0 radical (unpaired) electrons. The molecule has 2 rings (SSSR count). The standard InChI is InChI=1S/C13H21N3O2S/c1-12(13-6-8-14-9-7-13)15(2)19(17,18)16-10-4-3-5-11-16/h6-9,12H,3-5,10-11H2,1-2H3. The summed E-state index contributed by atoms with van der Waals surface area (Å²) >= 11 is 0. The van der Waals surface area contributed by atoms with Crippen LogP contribution in [0.4, 0.5) is 0 Å². The van der Waals surface area contributed by atoms with Crippen LogP contribution in [0.3, 0.4) is 0 Å². The number of piperidine rings is 1. The minimum Gasteiger partial charge on any atom is -0.265 e. The Kier molecular flexibility index (Phi) is 4.54. The maximum Gasteiger partial charge on any atom is 0.282 e. The summed E-state index contributed by atoms with van der Waals surface area (Å²) in [5.74, 6) is 0. The van der Waals surface area contributed by atoms with E-state index >= 15 is 0 Å². The lowest BCUT2D eigenvalue weighted by Crippen LogP contribution is -2.45. The fourth-order valence-electron chi connectivity index (χ4n) is 2.33. The highest BCUT2D eigenvalue weighted by Gasteiger charge is 2.31. The van der Waals surface area contributed by atoms with Gasteiger partial charge in [-0.3, -0.25) is 4.98 Å². The summed E-state index contributed by atoms with van der Waals surface area (Å²) < 4.78 is 28.1. The van der Waals surface area contributed by atoms with Gasteiger partial charge in [-0.05, 0) is 37.5 Å². The molecule has 1 unspecified atom stereocenters. The van der Waals surface area contributed by atoms with Gasteiger partial charge in [-0.1, -0.05) is 6.42 Å². The molecule has 5 nitrogen and oxygen atoms in total. The quantitative estimate of drug-likeness (QED) is 0.846. The van der Waals surface area contributed by atoms with E-state index in [0.29, 0.717) is 13.1 Å². The van der Waals surface area contributed by atoms with Crippen LogP contribution in [0.5, 0.6) is 0 Å². The van der Waals surface area contributed by atoms with Crippen molar-refractivity contribution in [2.24, 2.45) is 0 Å². The maximum absolute atomic E-state index is 12.5. The number of pyridine rings is 1. The van der Waals surface area contributed by atoms with Crippen LogP contribution in [0.15, 0.2) is 24.5 Å². The van der Waals surface area contributed by atoms with Gasteiger partial charge >= 0.3 is 0 Å². The second-order valence-electron chi connectivity index (χ2n) is 4.94. The van der Waals surface area contributed by atoms with E-state index in [-0.39, 0.29) is 6.04 Å². The maximum atomic E-state index is 12.5. The van der Waals surface area contributed by atoms with Gasteiger partial charge in [0.25, 0.3) is 10.2 Å². The fraction of sp³-hybridized carbons (Fsp3) is 0.615. The van der Waals surface area contributed by atoms with Crippen molar-refractivity contribution >= 4 is 10.2 Å². The first-order valence-electron chi connectivity index (χ1n) is 6.66. The molecule has 1 atom stereocenters. The molecule has 1 aliphatic rings. The summed E-state index contributed by atoms with van der Waals surface area (Å²) in [4.78, 5) is 3.96. The van der Waals surface area contributed by atoms with Gasteiger partial charge in [0.05, 0.1) is 0 Å². The van der Waals surface area contributed by atoms with Crippen molar-refractivity contribution in [2.45, 2.75) is 32.2 Å². The van der Waals surface area contributed by atoms with E-state index in [1.807, 2.05) is 19.1 Å². The molecule has 0 amide bonds. The monoisotopic (exact) mass is 283 g/mol. The van der Waals surface area contributed by atoms with Gasteiger partial charge in [-0.2, -0.15) is 17.0 Å². The van der Waals surface area contributed by atoms with Gasteiger partial charge in [-0.25, -0.2) is 0 Å². The zero-order valence-corrected chi connectivity index (χ0v) is 12.3. The average molecular weight is 283 g/mol.